The van der Waals surface area contributed by atoms with Crippen LogP contribution in [0.4, 0.5) is 5.69 Å². The summed E-state index contributed by atoms with van der Waals surface area (Å²) in [6.07, 6.45) is 0. The molecule has 0 radical (unpaired) electrons. The molecule has 15 heavy (non-hydrogen) atoms. The van der Waals surface area contributed by atoms with E-state index in [1.165, 1.54) is 5.56 Å². The molecule has 1 heterocycles. The van der Waals surface area contributed by atoms with E-state index in [2.05, 4.69) is 55.3 Å². The van der Waals surface area contributed by atoms with Crippen molar-refractivity contribution in [3.8, 4) is 0 Å². The number of amidine groups is 1. The van der Waals surface area contributed by atoms with Gasteiger partial charge in [-0.3, -0.25) is 4.99 Å². The molecule has 0 atom stereocenters. The molecule has 0 spiro atoms. The van der Waals surface area contributed by atoms with Crippen LogP contribution in [0.2, 0.25) is 0 Å². The maximum atomic E-state index is 4.47. The van der Waals surface area contributed by atoms with Crippen LogP contribution in [-0.2, 0) is 0 Å². The highest BCUT2D eigenvalue weighted by molar-refractivity contribution is 8.15. The Morgan fingerprint density at radius 2 is 1.93 bits per heavy atom. The predicted octanol–water partition coefficient (Wildman–Crippen LogP) is 3.29. The van der Waals surface area contributed by atoms with Gasteiger partial charge >= 0.3 is 0 Å². The number of nitrogens with one attached hydrogen (secondary N) is 1. The summed E-state index contributed by atoms with van der Waals surface area (Å²) in [5.41, 5.74) is 2.39. The van der Waals surface area contributed by atoms with Crippen molar-refractivity contribution in [3.63, 3.8) is 0 Å². The Balaban J connectivity index is 2.02. The van der Waals surface area contributed by atoms with Crippen molar-refractivity contribution in [2.45, 2.75) is 25.5 Å². The van der Waals surface area contributed by atoms with Crippen molar-refractivity contribution >= 4 is 22.6 Å². The summed E-state index contributed by atoms with van der Waals surface area (Å²) in [7, 11) is 0. The number of rotatable bonds is 1. The van der Waals surface area contributed by atoms with Crippen LogP contribution in [-0.4, -0.2) is 16.5 Å². The summed E-state index contributed by atoms with van der Waals surface area (Å²) in [5.74, 6) is 0. The molecule has 3 heteroatoms. The van der Waals surface area contributed by atoms with Gasteiger partial charge in [0.1, 0.15) is 0 Å². The third kappa shape index (κ3) is 2.75. The Hall–Kier alpha value is -0.960. The molecule has 1 aliphatic heterocycles. The molecule has 80 valence electrons. The fourth-order valence-electron chi connectivity index (χ4n) is 1.41. The monoisotopic (exact) mass is 220 g/mol. The van der Waals surface area contributed by atoms with Crippen LogP contribution in [0.1, 0.15) is 19.4 Å². The number of anilines is 1. The first-order valence-electron chi connectivity index (χ1n) is 5.12. The molecular formula is C12H16N2S. The largest absolute Gasteiger partial charge is 0.335 e. The zero-order chi connectivity index (χ0) is 10.9. The van der Waals surface area contributed by atoms with E-state index in [1.807, 2.05) is 0 Å². The Kier molecular flexibility index (Phi) is 2.74. The molecule has 0 saturated carbocycles. The maximum Gasteiger partial charge on any atom is 0.161 e. The zero-order valence-corrected chi connectivity index (χ0v) is 10.2. The lowest BCUT2D eigenvalue weighted by atomic mass is 10.2. The van der Waals surface area contributed by atoms with Crippen molar-refractivity contribution in [1.29, 1.82) is 0 Å². The van der Waals surface area contributed by atoms with E-state index in [9.17, 15) is 0 Å². The molecule has 2 rings (SSSR count). The minimum Gasteiger partial charge on any atom is -0.335 e. The van der Waals surface area contributed by atoms with Crippen molar-refractivity contribution < 1.29 is 0 Å². The Bertz CT molecular complexity index is 379. The quantitative estimate of drug-likeness (QED) is 0.785. The Morgan fingerprint density at radius 3 is 2.47 bits per heavy atom. The topological polar surface area (TPSA) is 24.4 Å². The van der Waals surface area contributed by atoms with Gasteiger partial charge in [0, 0.05) is 10.4 Å². The fraction of sp³-hybridized carbons (Fsp3) is 0.417. The van der Waals surface area contributed by atoms with Gasteiger partial charge in [0.25, 0.3) is 0 Å². The second kappa shape index (κ2) is 3.89. The van der Waals surface area contributed by atoms with Crippen LogP contribution in [0.15, 0.2) is 29.3 Å². The van der Waals surface area contributed by atoms with Crippen LogP contribution in [0, 0.1) is 6.92 Å². The first kappa shape index (κ1) is 10.6. The van der Waals surface area contributed by atoms with Gasteiger partial charge in [0.2, 0.25) is 0 Å². The van der Waals surface area contributed by atoms with Crippen molar-refractivity contribution in [2.24, 2.45) is 4.99 Å². The normalized spacial score (nSPS) is 18.7. The van der Waals surface area contributed by atoms with E-state index in [0.29, 0.717) is 0 Å². The summed E-state index contributed by atoms with van der Waals surface area (Å²) < 4.78 is 0.243. The number of aryl methyl sites for hydroxylation is 1. The predicted molar refractivity (Wildman–Crippen MR) is 68.8 cm³/mol. The molecule has 0 bridgehead atoms. The van der Waals surface area contributed by atoms with Gasteiger partial charge in [0.05, 0.1) is 6.54 Å². The molecule has 0 aliphatic carbocycles. The number of nitrogens with zero attached hydrogens (tertiary/aromatic N) is 1. The van der Waals surface area contributed by atoms with Crippen molar-refractivity contribution in [1.82, 2.24) is 0 Å². The zero-order valence-electron chi connectivity index (χ0n) is 9.37. The highest BCUT2D eigenvalue weighted by atomic mass is 32.2. The summed E-state index contributed by atoms with van der Waals surface area (Å²) in [6.45, 7) is 7.41. The summed E-state index contributed by atoms with van der Waals surface area (Å²) in [6, 6.07) is 8.38. The molecule has 0 fully saturated rings. The maximum absolute atomic E-state index is 4.47. The van der Waals surface area contributed by atoms with E-state index in [1.54, 1.807) is 11.8 Å². The molecule has 2 nitrogen and oxygen atoms in total. The highest BCUT2D eigenvalue weighted by Crippen LogP contribution is 2.32. The van der Waals surface area contributed by atoms with Gasteiger partial charge in [0.15, 0.2) is 5.17 Å². The van der Waals surface area contributed by atoms with Gasteiger partial charge in [-0.1, -0.05) is 29.5 Å². The average Bonchev–Trinajstić information content (AvgIpc) is 2.50. The molecule has 0 amide bonds. The molecule has 1 aromatic rings. The lowest BCUT2D eigenvalue weighted by molar-refractivity contribution is 0.741. The first-order valence-corrected chi connectivity index (χ1v) is 5.94. The van der Waals surface area contributed by atoms with Crippen LogP contribution < -0.4 is 5.32 Å². The van der Waals surface area contributed by atoms with Gasteiger partial charge in [-0.25, -0.2) is 0 Å². The van der Waals surface area contributed by atoms with Crippen LogP contribution in [0.25, 0.3) is 0 Å². The van der Waals surface area contributed by atoms with Gasteiger partial charge in [-0.2, -0.15) is 0 Å². The molecule has 0 aromatic heterocycles. The van der Waals surface area contributed by atoms with E-state index in [-0.39, 0.29) is 4.75 Å². The summed E-state index contributed by atoms with van der Waals surface area (Å²) in [5, 5.41) is 4.37. The standard InChI is InChI=1S/C12H16N2S/c1-9-4-6-10(7-5-9)14-11-13-8-12(2,3)15-11/h4-7H,8H2,1-3H3,(H,13,14). The lowest BCUT2D eigenvalue weighted by Crippen LogP contribution is -2.16. The SMILES string of the molecule is Cc1ccc(NC2=NCC(C)(C)S2)cc1. The average molecular weight is 220 g/mol. The van der Waals surface area contributed by atoms with Gasteiger partial charge in [-0.05, 0) is 32.9 Å². The van der Waals surface area contributed by atoms with Crippen LogP contribution >= 0.6 is 11.8 Å². The smallest absolute Gasteiger partial charge is 0.161 e. The molecule has 0 unspecified atom stereocenters. The van der Waals surface area contributed by atoms with Crippen LogP contribution in [0.5, 0.6) is 0 Å². The second-order valence-electron chi connectivity index (χ2n) is 4.47. The molecular weight excluding hydrogens is 204 g/mol. The summed E-state index contributed by atoms with van der Waals surface area (Å²) in [4.78, 5) is 4.47. The van der Waals surface area contributed by atoms with Gasteiger partial charge < -0.3 is 5.32 Å². The summed E-state index contributed by atoms with van der Waals surface area (Å²) >= 11 is 1.81. The third-order valence-corrected chi connectivity index (χ3v) is 3.39. The van der Waals surface area contributed by atoms with E-state index in [4.69, 9.17) is 0 Å². The van der Waals surface area contributed by atoms with E-state index < -0.39 is 0 Å². The lowest BCUT2D eigenvalue weighted by Gasteiger charge is -2.14. The van der Waals surface area contributed by atoms with Crippen molar-refractivity contribution in [3.05, 3.63) is 29.8 Å². The van der Waals surface area contributed by atoms with Crippen LogP contribution in [0.3, 0.4) is 0 Å². The third-order valence-electron chi connectivity index (χ3n) is 2.28. The number of hydrogen-bond acceptors (Lipinski definition) is 3. The molecule has 1 aromatic carbocycles. The molecule has 1 N–H and O–H groups in total. The minimum absolute atomic E-state index is 0.243. The molecule has 0 saturated heterocycles. The number of thioether (sulfide) groups is 1. The Labute approximate surface area is 95.2 Å². The van der Waals surface area contributed by atoms with Crippen molar-refractivity contribution in [2.75, 3.05) is 11.9 Å². The number of benzene rings is 1. The van der Waals surface area contributed by atoms with E-state index >= 15 is 0 Å². The number of aliphatic imine (C=N–C) groups is 1. The molecule has 1 aliphatic rings. The highest BCUT2D eigenvalue weighted by Gasteiger charge is 2.26. The second-order valence-corrected chi connectivity index (χ2v) is 6.17. The van der Waals surface area contributed by atoms with Gasteiger partial charge in [-0.15, -0.1) is 0 Å². The number of hydrogen-bond donors (Lipinski definition) is 1. The van der Waals surface area contributed by atoms with E-state index in [0.717, 1.165) is 17.4 Å². The first-order chi connectivity index (χ1) is 7.05. The minimum atomic E-state index is 0.243. The Morgan fingerprint density at radius 1 is 1.27 bits per heavy atom. The fourth-order valence-corrected chi connectivity index (χ4v) is 2.36.